The Morgan fingerprint density at radius 3 is 2.15 bits per heavy atom. The SMILES string of the molecule is Cc1c(C)c(C)c(C(=O)OCC(=O)N2c3ccccc3C[C@@H]2C)c(C)c1C. The summed E-state index contributed by atoms with van der Waals surface area (Å²) in [5.74, 6) is -0.610. The van der Waals surface area contributed by atoms with Gasteiger partial charge in [-0.1, -0.05) is 18.2 Å². The molecule has 2 aromatic rings. The van der Waals surface area contributed by atoms with Crippen LogP contribution >= 0.6 is 0 Å². The summed E-state index contributed by atoms with van der Waals surface area (Å²) >= 11 is 0. The molecule has 0 fully saturated rings. The van der Waals surface area contributed by atoms with Gasteiger partial charge in [-0.3, -0.25) is 4.79 Å². The lowest BCUT2D eigenvalue weighted by atomic mass is 9.90. The smallest absolute Gasteiger partial charge is 0.339 e. The minimum Gasteiger partial charge on any atom is -0.452 e. The van der Waals surface area contributed by atoms with Gasteiger partial charge in [0.15, 0.2) is 6.61 Å². The molecule has 0 aromatic heterocycles. The average Bonchev–Trinajstić information content (AvgIpc) is 2.98. The van der Waals surface area contributed by atoms with Crippen molar-refractivity contribution in [2.45, 2.75) is 54.0 Å². The van der Waals surface area contributed by atoms with Gasteiger partial charge in [0.05, 0.1) is 5.56 Å². The summed E-state index contributed by atoms with van der Waals surface area (Å²) in [6, 6.07) is 7.96. The van der Waals surface area contributed by atoms with Crippen LogP contribution in [-0.4, -0.2) is 24.5 Å². The molecule has 0 aliphatic carbocycles. The molecule has 0 N–H and O–H groups in total. The van der Waals surface area contributed by atoms with Crippen molar-refractivity contribution in [2.75, 3.05) is 11.5 Å². The number of fused-ring (bicyclic) bond motifs is 1. The first kappa shape index (κ1) is 19.2. The molecule has 0 radical (unpaired) electrons. The van der Waals surface area contributed by atoms with Gasteiger partial charge in [0.2, 0.25) is 0 Å². The summed E-state index contributed by atoms with van der Waals surface area (Å²) in [4.78, 5) is 27.3. The van der Waals surface area contributed by atoms with E-state index in [1.165, 1.54) is 5.56 Å². The average molecular weight is 365 g/mol. The van der Waals surface area contributed by atoms with Crippen LogP contribution in [0.5, 0.6) is 0 Å². The molecule has 1 aliphatic heterocycles. The third kappa shape index (κ3) is 3.25. The standard InChI is InChI=1S/C23H27NO3/c1-13-11-19-9-7-8-10-20(19)24(13)21(25)12-27-23(26)22-17(5)15(3)14(2)16(4)18(22)6/h7-10,13H,11-12H2,1-6H3/t13-/m0/s1. The van der Waals surface area contributed by atoms with Crippen LogP contribution in [0.1, 0.15) is 50.7 Å². The molecule has 0 bridgehead atoms. The van der Waals surface area contributed by atoms with Gasteiger partial charge < -0.3 is 9.64 Å². The third-order valence-electron chi connectivity index (χ3n) is 6.01. The maximum absolute atomic E-state index is 12.8. The van der Waals surface area contributed by atoms with E-state index < -0.39 is 5.97 Å². The van der Waals surface area contributed by atoms with E-state index in [1.54, 1.807) is 4.90 Å². The van der Waals surface area contributed by atoms with Crippen molar-refractivity contribution in [1.82, 2.24) is 0 Å². The Balaban J connectivity index is 1.78. The second-order valence-corrected chi connectivity index (χ2v) is 7.52. The quantitative estimate of drug-likeness (QED) is 0.759. The molecule has 27 heavy (non-hydrogen) atoms. The topological polar surface area (TPSA) is 46.6 Å². The fourth-order valence-electron chi connectivity index (χ4n) is 4.02. The highest BCUT2D eigenvalue weighted by molar-refractivity contribution is 6.00. The number of carbonyl (C=O) groups excluding carboxylic acids is 2. The zero-order valence-corrected chi connectivity index (χ0v) is 17.0. The van der Waals surface area contributed by atoms with Crippen molar-refractivity contribution in [3.63, 3.8) is 0 Å². The van der Waals surface area contributed by atoms with E-state index in [0.29, 0.717) is 5.56 Å². The number of ether oxygens (including phenoxy) is 1. The van der Waals surface area contributed by atoms with Crippen LogP contribution in [0.15, 0.2) is 24.3 Å². The Morgan fingerprint density at radius 1 is 0.963 bits per heavy atom. The predicted octanol–water partition coefficient (Wildman–Crippen LogP) is 4.36. The highest BCUT2D eigenvalue weighted by atomic mass is 16.5. The van der Waals surface area contributed by atoms with Crippen molar-refractivity contribution >= 4 is 17.6 Å². The van der Waals surface area contributed by atoms with E-state index in [9.17, 15) is 9.59 Å². The van der Waals surface area contributed by atoms with Gasteiger partial charge >= 0.3 is 5.97 Å². The van der Waals surface area contributed by atoms with Gasteiger partial charge in [-0.2, -0.15) is 0 Å². The molecule has 4 nitrogen and oxygen atoms in total. The van der Waals surface area contributed by atoms with Crippen molar-refractivity contribution < 1.29 is 14.3 Å². The normalized spacial score (nSPS) is 15.6. The highest BCUT2D eigenvalue weighted by Crippen LogP contribution is 2.32. The molecule has 1 aliphatic rings. The lowest BCUT2D eigenvalue weighted by Crippen LogP contribution is -2.38. The molecule has 0 saturated carbocycles. The maximum atomic E-state index is 12.8. The van der Waals surface area contributed by atoms with Crippen molar-refractivity contribution in [3.8, 4) is 0 Å². The van der Waals surface area contributed by atoms with Gasteiger partial charge in [0, 0.05) is 11.7 Å². The Bertz CT molecular complexity index is 900. The fraction of sp³-hybridized carbons (Fsp3) is 0.391. The molecule has 3 rings (SSSR count). The minimum atomic E-state index is -0.426. The number of nitrogens with zero attached hydrogens (tertiary/aromatic N) is 1. The van der Waals surface area contributed by atoms with E-state index in [4.69, 9.17) is 4.74 Å². The Morgan fingerprint density at radius 2 is 1.52 bits per heavy atom. The molecule has 1 heterocycles. The second-order valence-electron chi connectivity index (χ2n) is 7.52. The lowest BCUT2D eigenvalue weighted by Gasteiger charge is -2.23. The maximum Gasteiger partial charge on any atom is 0.339 e. The van der Waals surface area contributed by atoms with Crippen LogP contribution in [0.25, 0.3) is 0 Å². The summed E-state index contributed by atoms with van der Waals surface area (Å²) in [5.41, 5.74) is 7.89. The van der Waals surface area contributed by atoms with Crippen LogP contribution in [0.4, 0.5) is 5.69 Å². The number of amides is 1. The molecule has 0 unspecified atom stereocenters. The van der Waals surface area contributed by atoms with Crippen LogP contribution < -0.4 is 4.90 Å². The minimum absolute atomic E-state index is 0.0703. The third-order valence-corrected chi connectivity index (χ3v) is 6.01. The summed E-state index contributed by atoms with van der Waals surface area (Å²) in [6.07, 6.45) is 0.824. The summed E-state index contributed by atoms with van der Waals surface area (Å²) in [5, 5.41) is 0. The number of para-hydroxylation sites is 1. The first-order valence-electron chi connectivity index (χ1n) is 9.38. The van der Waals surface area contributed by atoms with Crippen LogP contribution in [0.2, 0.25) is 0 Å². The van der Waals surface area contributed by atoms with E-state index >= 15 is 0 Å². The summed E-state index contributed by atoms with van der Waals surface area (Å²) in [7, 11) is 0. The fourth-order valence-corrected chi connectivity index (χ4v) is 4.02. The van der Waals surface area contributed by atoms with Crippen LogP contribution in [0.3, 0.4) is 0 Å². The number of rotatable bonds is 3. The second kappa shape index (κ2) is 7.18. The number of anilines is 1. The first-order chi connectivity index (χ1) is 12.7. The number of hydrogen-bond donors (Lipinski definition) is 0. The van der Waals surface area contributed by atoms with Gasteiger partial charge in [0.25, 0.3) is 5.91 Å². The van der Waals surface area contributed by atoms with E-state index in [0.717, 1.165) is 39.9 Å². The zero-order valence-electron chi connectivity index (χ0n) is 17.0. The molecule has 1 atom stereocenters. The van der Waals surface area contributed by atoms with Crippen LogP contribution in [0, 0.1) is 34.6 Å². The first-order valence-corrected chi connectivity index (χ1v) is 9.38. The molecule has 142 valence electrons. The monoisotopic (exact) mass is 365 g/mol. The molecule has 0 saturated heterocycles. The number of carbonyl (C=O) groups is 2. The summed E-state index contributed by atoms with van der Waals surface area (Å²) in [6.45, 7) is 11.7. The molecule has 4 heteroatoms. The van der Waals surface area contributed by atoms with E-state index in [2.05, 4.69) is 6.92 Å². The van der Waals surface area contributed by atoms with Gasteiger partial charge in [-0.25, -0.2) is 4.79 Å². The molecular formula is C23H27NO3. The Labute approximate surface area is 161 Å². The van der Waals surface area contributed by atoms with Crippen molar-refractivity contribution in [3.05, 3.63) is 63.2 Å². The molecule has 2 aromatic carbocycles. The molecule has 1 amide bonds. The Hall–Kier alpha value is -2.62. The van der Waals surface area contributed by atoms with Gasteiger partial charge in [-0.05, 0) is 87.4 Å². The largest absolute Gasteiger partial charge is 0.452 e. The number of esters is 1. The van der Waals surface area contributed by atoms with E-state index in [1.807, 2.05) is 58.9 Å². The van der Waals surface area contributed by atoms with Gasteiger partial charge in [-0.15, -0.1) is 0 Å². The van der Waals surface area contributed by atoms with Crippen molar-refractivity contribution in [1.29, 1.82) is 0 Å². The predicted molar refractivity (Wildman–Crippen MR) is 108 cm³/mol. The zero-order chi connectivity index (χ0) is 19.9. The number of hydrogen-bond acceptors (Lipinski definition) is 3. The van der Waals surface area contributed by atoms with Crippen LogP contribution in [-0.2, 0) is 16.0 Å². The van der Waals surface area contributed by atoms with E-state index in [-0.39, 0.29) is 18.6 Å². The number of benzene rings is 2. The van der Waals surface area contributed by atoms with Crippen molar-refractivity contribution in [2.24, 2.45) is 0 Å². The summed E-state index contributed by atoms with van der Waals surface area (Å²) < 4.78 is 5.45. The lowest BCUT2D eigenvalue weighted by molar-refractivity contribution is -0.122. The van der Waals surface area contributed by atoms with Gasteiger partial charge in [0.1, 0.15) is 0 Å². The molecule has 0 spiro atoms. The highest BCUT2D eigenvalue weighted by Gasteiger charge is 2.31. The molecular weight excluding hydrogens is 338 g/mol. The Kier molecular flexibility index (Phi) is 5.09.